The average Bonchev–Trinajstić information content (AvgIpc) is 4.29. The zero-order valence-corrected chi connectivity index (χ0v) is 42.7. The number of aromatic nitrogens is 4. The standard InChI is InChI=1S/C56H65FN14O5/c57-44-20-34(71-26-35(76-53(71)75)25-70-19-18-65-66-70)11-12-36(44)33-10-13-45(64-24-33)49(56-32-69(29-43(56)40(56)23-60)52(74)48-9-5-17-63-48)37(55-31-68(28-42(55)39(55)22-59)51(73)47-8-4-16-62-47)6-1-2-14-54-30-67(27-41(54)38(54)21-58)50(72)46-7-3-15-61-46/h10-13,18-20,24,35,37-43,46-49,61-63H,1-9,14-17,25-32H2/t35-,37?,38?,39?,40?,41?,42?,43?,46-,47-,48-,49?,54?,55?,56?/m0/s1. The van der Waals surface area contributed by atoms with Gasteiger partial charge in [-0.1, -0.05) is 24.1 Å². The number of carbonyl (C=O) groups excluding carboxylic acids is 4. The number of anilines is 1. The summed E-state index contributed by atoms with van der Waals surface area (Å²) in [6.45, 7) is 5.80. The van der Waals surface area contributed by atoms with Crippen LogP contribution in [0.2, 0.25) is 0 Å². The van der Waals surface area contributed by atoms with Crippen molar-refractivity contribution in [3.8, 4) is 29.3 Å². The number of cyclic esters (lactones) is 1. The van der Waals surface area contributed by atoms with E-state index in [1.165, 1.54) is 11.0 Å². The van der Waals surface area contributed by atoms with E-state index in [9.17, 15) is 35.0 Å². The van der Waals surface area contributed by atoms with Crippen molar-refractivity contribution < 1.29 is 28.3 Å². The number of unbranched alkanes of at least 4 members (excludes halogenated alkanes) is 1. The molecular formula is C56H65FN14O5. The molecular weight excluding hydrogens is 968 g/mol. The number of piperidine rings is 3. The number of pyridine rings is 1. The van der Waals surface area contributed by atoms with Crippen molar-refractivity contribution in [2.75, 3.05) is 70.3 Å². The van der Waals surface area contributed by atoms with Gasteiger partial charge in [0.2, 0.25) is 17.7 Å². The minimum Gasteiger partial charge on any atom is -0.442 e. The Kier molecular flexibility index (Phi) is 12.2. The number of benzene rings is 1. The maximum Gasteiger partial charge on any atom is 0.414 e. The highest BCUT2D eigenvalue weighted by molar-refractivity contribution is 5.90. The molecule has 4 amide bonds. The van der Waals surface area contributed by atoms with E-state index in [2.05, 4.69) is 44.5 Å². The zero-order chi connectivity index (χ0) is 52.1. The largest absolute Gasteiger partial charge is 0.442 e. The van der Waals surface area contributed by atoms with Crippen molar-refractivity contribution in [3.05, 3.63) is 60.4 Å². The van der Waals surface area contributed by atoms with Gasteiger partial charge in [0.15, 0.2) is 0 Å². The van der Waals surface area contributed by atoms with Crippen molar-refractivity contribution in [3.63, 3.8) is 0 Å². The van der Waals surface area contributed by atoms with E-state index in [1.54, 1.807) is 35.4 Å². The van der Waals surface area contributed by atoms with E-state index in [0.717, 1.165) is 83.1 Å². The Morgan fingerprint density at radius 2 is 1.38 bits per heavy atom. The first-order valence-corrected chi connectivity index (χ1v) is 27.9. The van der Waals surface area contributed by atoms with Crippen molar-refractivity contribution in [2.45, 2.75) is 101 Å². The van der Waals surface area contributed by atoms with Gasteiger partial charge in [0.25, 0.3) is 0 Å². The van der Waals surface area contributed by atoms with E-state index in [1.807, 2.05) is 26.8 Å². The van der Waals surface area contributed by atoms with Crippen molar-refractivity contribution in [1.82, 2.24) is 50.6 Å². The Morgan fingerprint density at radius 1 is 0.763 bits per heavy atom. The van der Waals surface area contributed by atoms with Crippen LogP contribution in [0.4, 0.5) is 14.9 Å². The van der Waals surface area contributed by atoms with Gasteiger partial charge < -0.3 is 35.4 Å². The van der Waals surface area contributed by atoms with Gasteiger partial charge in [-0.2, -0.15) is 15.8 Å². The van der Waals surface area contributed by atoms with Crippen LogP contribution in [0.3, 0.4) is 0 Å². The number of fused-ring (bicyclic) bond motifs is 3. The van der Waals surface area contributed by atoms with Gasteiger partial charge in [0.1, 0.15) is 11.9 Å². The third-order valence-corrected chi connectivity index (χ3v) is 20.4. The summed E-state index contributed by atoms with van der Waals surface area (Å²) in [5, 5.41) is 50.5. The molecule has 11 unspecified atom stereocenters. The first-order valence-electron chi connectivity index (χ1n) is 27.9. The van der Waals surface area contributed by atoms with Crippen LogP contribution < -0.4 is 20.9 Å². The lowest BCUT2D eigenvalue weighted by molar-refractivity contribution is -0.134. The number of nitriles is 3. The molecule has 2 aromatic heterocycles. The number of likely N-dealkylation sites (tertiary alicyclic amines) is 3. The van der Waals surface area contributed by atoms with E-state index in [4.69, 9.17) is 9.72 Å². The van der Waals surface area contributed by atoms with Crippen molar-refractivity contribution in [2.24, 2.45) is 57.7 Å². The van der Waals surface area contributed by atoms with E-state index in [-0.39, 0.29) is 94.8 Å². The number of nitrogens with one attached hydrogen (secondary N) is 3. The van der Waals surface area contributed by atoms with Gasteiger partial charge in [0.05, 0.1) is 79.1 Å². The quantitative estimate of drug-likeness (QED) is 0.173. The molecule has 3 aliphatic carbocycles. The molecule has 3 aromatic rings. The van der Waals surface area contributed by atoms with Gasteiger partial charge in [-0.3, -0.25) is 24.3 Å². The fourth-order valence-electron chi connectivity index (χ4n) is 16.6. The number of rotatable bonds is 16. The van der Waals surface area contributed by atoms with Crippen LogP contribution >= 0.6 is 0 Å². The number of nitrogens with zero attached hydrogens (tertiary/aromatic N) is 11. The Morgan fingerprint density at radius 3 is 1.96 bits per heavy atom. The van der Waals surface area contributed by atoms with Gasteiger partial charge in [0, 0.05) is 108 Å². The van der Waals surface area contributed by atoms with Gasteiger partial charge in [-0.25, -0.2) is 13.9 Å². The summed E-state index contributed by atoms with van der Waals surface area (Å²) in [5.74, 6) is -1.83. The molecule has 0 bridgehead atoms. The Balaban J connectivity index is 0.831. The molecule has 0 spiro atoms. The molecule has 9 heterocycles. The molecule has 3 saturated carbocycles. The lowest BCUT2D eigenvalue weighted by Gasteiger charge is -2.40. The van der Waals surface area contributed by atoms with Crippen LogP contribution in [0.15, 0.2) is 48.9 Å². The maximum absolute atomic E-state index is 16.4. The SMILES string of the molecule is N#CC1C2CN(C(=O)[C@@H]3CCCN3)CC12CCCCC(C(c1ccc(-c2ccc(N3C[C@H](Cn4ccnn4)OC3=O)cc2F)cn1)C12CN(C(=O)[C@@H]3CCCN3)CC1C2C#N)C12CN(C(=O)[C@@H]3CCCN3)CC1C2C#N. The van der Waals surface area contributed by atoms with E-state index in [0.29, 0.717) is 63.5 Å². The highest BCUT2D eigenvalue weighted by atomic mass is 19.1. The molecule has 10 aliphatic rings. The molecule has 1 aromatic carbocycles. The van der Waals surface area contributed by atoms with Gasteiger partial charge >= 0.3 is 6.09 Å². The summed E-state index contributed by atoms with van der Waals surface area (Å²) >= 11 is 0. The highest BCUT2D eigenvalue weighted by Crippen LogP contribution is 2.78. The summed E-state index contributed by atoms with van der Waals surface area (Å²) < 4.78 is 23.6. The molecule has 13 rings (SSSR count). The number of halogens is 1. The van der Waals surface area contributed by atoms with Crippen LogP contribution in [-0.4, -0.2) is 148 Å². The van der Waals surface area contributed by atoms with Crippen molar-refractivity contribution >= 4 is 29.5 Å². The highest BCUT2D eigenvalue weighted by Gasteiger charge is 2.80. The molecule has 76 heavy (non-hydrogen) atoms. The molecule has 7 aliphatic heterocycles. The summed E-state index contributed by atoms with van der Waals surface area (Å²) in [7, 11) is 0. The molecule has 19 nitrogen and oxygen atoms in total. The second kappa shape index (κ2) is 18.9. The fourth-order valence-corrected chi connectivity index (χ4v) is 16.6. The van der Waals surface area contributed by atoms with Crippen LogP contribution in [0.25, 0.3) is 11.1 Å². The number of amides is 4. The lowest BCUT2D eigenvalue weighted by atomic mass is 9.65. The summed E-state index contributed by atoms with van der Waals surface area (Å²) in [5.41, 5.74) is 0.331. The minimum absolute atomic E-state index is 0.0448. The van der Waals surface area contributed by atoms with Crippen molar-refractivity contribution in [1.29, 1.82) is 15.8 Å². The molecule has 7 saturated heterocycles. The monoisotopic (exact) mass is 1030 g/mol. The van der Waals surface area contributed by atoms with Crippen LogP contribution in [0, 0.1) is 97.5 Å². The Labute approximate surface area is 441 Å². The first-order chi connectivity index (χ1) is 37.0. The average molecular weight is 1030 g/mol. The third-order valence-electron chi connectivity index (χ3n) is 20.4. The zero-order valence-electron chi connectivity index (χ0n) is 42.7. The number of hydrogen-bond acceptors (Lipinski definition) is 14. The summed E-state index contributed by atoms with van der Waals surface area (Å²) in [6.07, 6.45) is 12.0. The maximum atomic E-state index is 16.4. The number of hydrogen-bond donors (Lipinski definition) is 3. The second-order valence-corrected chi connectivity index (χ2v) is 23.9. The molecule has 3 N–H and O–H groups in total. The molecule has 0 radical (unpaired) electrons. The fraction of sp³-hybridized carbons (Fsp3) is 0.643. The van der Waals surface area contributed by atoms with Gasteiger partial charge in [-0.15, -0.1) is 5.10 Å². The smallest absolute Gasteiger partial charge is 0.414 e. The van der Waals surface area contributed by atoms with Crippen LogP contribution in [-0.2, 0) is 25.7 Å². The molecule has 20 heteroatoms. The summed E-state index contributed by atoms with van der Waals surface area (Å²) in [6, 6.07) is 15.7. The Bertz CT molecular complexity index is 2920. The normalized spacial score (nSPS) is 36.2. The van der Waals surface area contributed by atoms with E-state index >= 15 is 4.39 Å². The molecule has 10 fully saturated rings. The van der Waals surface area contributed by atoms with Gasteiger partial charge in [-0.05, 0) is 101 Å². The Hall–Kier alpha value is -6.53. The molecule has 15 atom stereocenters. The topological polar surface area (TPSA) is 242 Å². The lowest BCUT2D eigenvalue weighted by Crippen LogP contribution is -2.47. The number of carbonyl (C=O) groups is 4. The third kappa shape index (κ3) is 7.80. The summed E-state index contributed by atoms with van der Waals surface area (Å²) in [4.78, 5) is 67.7. The number of ether oxygens (including phenoxy) is 1. The predicted molar refractivity (Wildman–Crippen MR) is 270 cm³/mol. The van der Waals surface area contributed by atoms with Crippen LogP contribution in [0.5, 0.6) is 0 Å². The minimum atomic E-state index is -0.690. The van der Waals surface area contributed by atoms with Crippen LogP contribution in [0.1, 0.15) is 75.8 Å². The predicted octanol–water partition coefficient (Wildman–Crippen LogP) is 3.82. The molecule has 396 valence electrons. The first kappa shape index (κ1) is 49.1. The van der Waals surface area contributed by atoms with E-state index < -0.39 is 34.8 Å². The second-order valence-electron chi connectivity index (χ2n) is 23.9.